The van der Waals surface area contributed by atoms with E-state index in [1.165, 1.54) is 51.9 Å². The highest BCUT2D eigenvalue weighted by atomic mass is 16.4. The highest BCUT2D eigenvalue weighted by Gasteiger charge is 2.16. The quantitative estimate of drug-likeness (QED) is 0.166. The van der Waals surface area contributed by atoms with E-state index in [9.17, 15) is 19.5 Å². The van der Waals surface area contributed by atoms with Gasteiger partial charge in [0.25, 0.3) is 0 Å². The van der Waals surface area contributed by atoms with Crippen LogP contribution in [0.15, 0.2) is 12.2 Å². The Morgan fingerprint density at radius 3 is 1.94 bits per heavy atom. The lowest BCUT2D eigenvalue weighted by Gasteiger charge is -2.13. The Morgan fingerprint density at radius 1 is 0.774 bits per heavy atom. The second-order valence-corrected chi connectivity index (χ2v) is 8.43. The van der Waals surface area contributed by atoms with E-state index >= 15 is 0 Å². The SMILES string of the molecule is CCCCCCCC/C=C\CCCCCCC(CCNC(=O)CCNC(C)=O)C(=O)O. The molecule has 0 bridgehead atoms. The van der Waals surface area contributed by atoms with E-state index < -0.39 is 11.9 Å². The molecule has 0 aromatic heterocycles. The van der Waals surface area contributed by atoms with Gasteiger partial charge < -0.3 is 15.7 Å². The highest BCUT2D eigenvalue weighted by Crippen LogP contribution is 2.15. The lowest BCUT2D eigenvalue weighted by atomic mass is 9.97. The number of carboxylic acid groups (broad SMARTS) is 1. The van der Waals surface area contributed by atoms with Crippen molar-refractivity contribution in [3.8, 4) is 0 Å². The Balaban J connectivity index is 3.64. The maximum atomic E-state index is 11.7. The van der Waals surface area contributed by atoms with Gasteiger partial charge in [-0.15, -0.1) is 0 Å². The molecule has 31 heavy (non-hydrogen) atoms. The first-order valence-corrected chi connectivity index (χ1v) is 12.4. The van der Waals surface area contributed by atoms with Gasteiger partial charge >= 0.3 is 5.97 Å². The highest BCUT2D eigenvalue weighted by molar-refractivity contribution is 5.78. The van der Waals surface area contributed by atoms with Gasteiger partial charge in [-0.2, -0.15) is 0 Å². The number of allylic oxidation sites excluding steroid dienone is 2. The number of aliphatic carboxylic acids is 1. The van der Waals surface area contributed by atoms with Gasteiger partial charge in [0.15, 0.2) is 0 Å². The molecular formula is C25H46N2O4. The minimum absolute atomic E-state index is 0.164. The molecule has 180 valence electrons. The van der Waals surface area contributed by atoms with Gasteiger partial charge in [-0.3, -0.25) is 14.4 Å². The van der Waals surface area contributed by atoms with Crippen molar-refractivity contribution >= 4 is 17.8 Å². The van der Waals surface area contributed by atoms with E-state index in [4.69, 9.17) is 0 Å². The van der Waals surface area contributed by atoms with Crippen LogP contribution >= 0.6 is 0 Å². The molecule has 6 heteroatoms. The van der Waals surface area contributed by atoms with E-state index in [0.29, 0.717) is 25.9 Å². The third kappa shape index (κ3) is 21.2. The first-order valence-electron chi connectivity index (χ1n) is 12.4. The minimum Gasteiger partial charge on any atom is -0.481 e. The zero-order chi connectivity index (χ0) is 23.2. The summed E-state index contributed by atoms with van der Waals surface area (Å²) in [6.07, 6.45) is 20.5. The number of rotatable bonds is 21. The van der Waals surface area contributed by atoms with Crippen LogP contribution in [0.2, 0.25) is 0 Å². The Morgan fingerprint density at radius 2 is 1.35 bits per heavy atom. The average molecular weight is 439 g/mol. The Labute approximate surface area is 189 Å². The normalized spacial score (nSPS) is 12.1. The summed E-state index contributed by atoms with van der Waals surface area (Å²) >= 11 is 0. The predicted molar refractivity (Wildman–Crippen MR) is 127 cm³/mol. The Hall–Kier alpha value is -1.85. The van der Waals surface area contributed by atoms with Gasteiger partial charge in [-0.05, 0) is 38.5 Å². The van der Waals surface area contributed by atoms with Crippen LogP contribution in [0, 0.1) is 5.92 Å². The number of nitrogens with one attached hydrogen (secondary N) is 2. The maximum Gasteiger partial charge on any atom is 0.306 e. The maximum absolute atomic E-state index is 11.7. The molecule has 0 aliphatic heterocycles. The van der Waals surface area contributed by atoms with E-state index in [0.717, 1.165) is 32.1 Å². The van der Waals surface area contributed by atoms with Gasteiger partial charge in [0.05, 0.1) is 5.92 Å². The van der Waals surface area contributed by atoms with Crippen LogP contribution in [-0.4, -0.2) is 36.0 Å². The number of hydrogen-bond donors (Lipinski definition) is 3. The van der Waals surface area contributed by atoms with Gasteiger partial charge in [0.2, 0.25) is 11.8 Å². The molecule has 0 aliphatic carbocycles. The monoisotopic (exact) mass is 438 g/mol. The first-order chi connectivity index (χ1) is 15.0. The third-order valence-electron chi connectivity index (χ3n) is 5.45. The second kappa shape index (κ2) is 21.4. The summed E-state index contributed by atoms with van der Waals surface area (Å²) in [6.45, 7) is 4.32. The van der Waals surface area contributed by atoms with E-state index in [-0.39, 0.29) is 18.2 Å². The molecule has 0 rings (SSSR count). The number of unbranched alkanes of at least 4 members (excludes halogenated alkanes) is 10. The Bertz CT molecular complexity index is 506. The summed E-state index contributed by atoms with van der Waals surface area (Å²) in [4.78, 5) is 33.8. The summed E-state index contributed by atoms with van der Waals surface area (Å²) in [5.74, 6) is -1.52. The fourth-order valence-corrected chi connectivity index (χ4v) is 3.50. The second-order valence-electron chi connectivity index (χ2n) is 8.43. The molecule has 0 aliphatic rings. The summed E-state index contributed by atoms with van der Waals surface area (Å²) < 4.78 is 0. The summed E-state index contributed by atoms with van der Waals surface area (Å²) in [5.41, 5.74) is 0. The largest absolute Gasteiger partial charge is 0.481 e. The summed E-state index contributed by atoms with van der Waals surface area (Å²) in [5, 5.41) is 14.7. The molecule has 0 heterocycles. The van der Waals surface area contributed by atoms with Crippen molar-refractivity contribution in [1.82, 2.24) is 10.6 Å². The van der Waals surface area contributed by atoms with E-state index in [2.05, 4.69) is 29.7 Å². The molecule has 2 amide bonds. The topological polar surface area (TPSA) is 95.5 Å². The molecule has 3 N–H and O–H groups in total. The zero-order valence-electron chi connectivity index (χ0n) is 19.9. The lowest BCUT2D eigenvalue weighted by molar-refractivity contribution is -0.142. The van der Waals surface area contributed by atoms with Gasteiger partial charge in [-0.25, -0.2) is 0 Å². The van der Waals surface area contributed by atoms with Crippen LogP contribution in [0.3, 0.4) is 0 Å². The van der Waals surface area contributed by atoms with Gasteiger partial charge in [-0.1, -0.05) is 70.4 Å². The molecule has 0 saturated carbocycles. The molecule has 0 spiro atoms. The molecule has 1 atom stereocenters. The number of hydrogen-bond acceptors (Lipinski definition) is 3. The average Bonchev–Trinajstić information content (AvgIpc) is 2.72. The first kappa shape index (κ1) is 29.1. The predicted octanol–water partition coefficient (Wildman–Crippen LogP) is 5.37. The zero-order valence-corrected chi connectivity index (χ0v) is 19.9. The number of carbonyl (C=O) groups is 3. The van der Waals surface area contributed by atoms with Crippen molar-refractivity contribution < 1.29 is 19.5 Å². The van der Waals surface area contributed by atoms with E-state index in [1.807, 2.05) is 0 Å². The molecule has 0 radical (unpaired) electrons. The fraction of sp³-hybridized carbons (Fsp3) is 0.800. The lowest BCUT2D eigenvalue weighted by Crippen LogP contribution is -2.31. The van der Waals surface area contributed by atoms with Crippen molar-refractivity contribution in [2.24, 2.45) is 5.92 Å². The summed E-state index contributed by atoms with van der Waals surface area (Å²) in [6, 6.07) is 0. The number of amides is 2. The van der Waals surface area contributed by atoms with Crippen LogP contribution in [0.4, 0.5) is 0 Å². The van der Waals surface area contributed by atoms with Crippen LogP contribution in [0.25, 0.3) is 0 Å². The van der Waals surface area contributed by atoms with Crippen molar-refractivity contribution in [2.75, 3.05) is 13.1 Å². The molecule has 0 aromatic carbocycles. The molecule has 0 aromatic rings. The molecule has 1 unspecified atom stereocenters. The van der Waals surface area contributed by atoms with Crippen LogP contribution in [0.1, 0.15) is 110 Å². The number of carbonyl (C=O) groups excluding carboxylic acids is 2. The molecule has 0 fully saturated rings. The Kier molecular flexibility index (Phi) is 20.1. The van der Waals surface area contributed by atoms with Gasteiger partial charge in [0, 0.05) is 26.4 Å². The third-order valence-corrected chi connectivity index (χ3v) is 5.45. The molecule has 0 saturated heterocycles. The molecular weight excluding hydrogens is 392 g/mol. The van der Waals surface area contributed by atoms with Crippen LogP contribution < -0.4 is 10.6 Å². The van der Waals surface area contributed by atoms with Crippen molar-refractivity contribution in [2.45, 2.75) is 110 Å². The minimum atomic E-state index is -0.787. The fourth-order valence-electron chi connectivity index (χ4n) is 3.50. The van der Waals surface area contributed by atoms with Crippen molar-refractivity contribution in [1.29, 1.82) is 0 Å². The van der Waals surface area contributed by atoms with E-state index in [1.54, 1.807) is 0 Å². The van der Waals surface area contributed by atoms with Crippen LogP contribution in [-0.2, 0) is 14.4 Å². The smallest absolute Gasteiger partial charge is 0.306 e. The van der Waals surface area contributed by atoms with Gasteiger partial charge in [0.1, 0.15) is 0 Å². The standard InChI is InChI=1S/C25H46N2O4/c1-3-4-5-6-7-8-9-10-11-12-13-14-15-16-17-23(25(30)31)18-20-27-24(29)19-21-26-22(2)28/h10-11,23H,3-9,12-21H2,1-2H3,(H,26,28)(H,27,29)(H,30,31)/b11-10-. The number of carboxylic acids is 1. The van der Waals surface area contributed by atoms with Crippen molar-refractivity contribution in [3.05, 3.63) is 12.2 Å². The summed E-state index contributed by atoms with van der Waals surface area (Å²) in [7, 11) is 0. The van der Waals surface area contributed by atoms with Crippen LogP contribution in [0.5, 0.6) is 0 Å². The molecule has 6 nitrogen and oxygen atoms in total. The van der Waals surface area contributed by atoms with Crippen molar-refractivity contribution in [3.63, 3.8) is 0 Å².